The van der Waals surface area contributed by atoms with Crippen LogP contribution in [0.2, 0.25) is 5.02 Å². The summed E-state index contributed by atoms with van der Waals surface area (Å²) in [4.78, 5) is 30.2. The molecule has 202 valence electrons. The van der Waals surface area contributed by atoms with E-state index in [0.29, 0.717) is 55.2 Å². The quantitative estimate of drug-likeness (QED) is 0.443. The van der Waals surface area contributed by atoms with Crippen molar-refractivity contribution in [2.75, 3.05) is 33.2 Å². The van der Waals surface area contributed by atoms with Crippen LogP contribution in [-0.4, -0.2) is 71.5 Å². The molecule has 0 spiro atoms. The van der Waals surface area contributed by atoms with Crippen LogP contribution in [0.1, 0.15) is 37.2 Å². The number of nitrogens with two attached hydrogens (primary N) is 1. The summed E-state index contributed by atoms with van der Waals surface area (Å²) >= 11 is 6.39. The highest BCUT2D eigenvalue weighted by Gasteiger charge is 2.36. The fourth-order valence-corrected chi connectivity index (χ4v) is 5.92. The maximum atomic E-state index is 13.3. The molecule has 3 heterocycles. The molecule has 0 radical (unpaired) electrons. The number of aromatic hydroxyl groups is 1. The van der Waals surface area contributed by atoms with Crippen LogP contribution in [0.25, 0.3) is 22.3 Å². The molecule has 2 aliphatic rings. The van der Waals surface area contributed by atoms with Gasteiger partial charge in [-0.1, -0.05) is 23.7 Å². The van der Waals surface area contributed by atoms with Gasteiger partial charge >= 0.3 is 6.09 Å². The largest absolute Gasteiger partial charge is 0.507 e. The number of benzene rings is 2. The minimum Gasteiger partial charge on any atom is -0.507 e. The van der Waals surface area contributed by atoms with E-state index in [9.17, 15) is 19.8 Å². The maximum absolute atomic E-state index is 13.3. The number of fused-ring (bicyclic) bond motifs is 1. The van der Waals surface area contributed by atoms with Gasteiger partial charge in [0.05, 0.1) is 11.1 Å². The first-order valence-electron chi connectivity index (χ1n) is 12.9. The predicted molar refractivity (Wildman–Crippen MR) is 145 cm³/mol. The van der Waals surface area contributed by atoms with Crippen LogP contribution in [0.5, 0.6) is 11.5 Å². The number of piperidine rings is 1. The Morgan fingerprint density at radius 1 is 1.24 bits per heavy atom. The summed E-state index contributed by atoms with van der Waals surface area (Å²) in [5.41, 5.74) is 6.24. The van der Waals surface area contributed by atoms with E-state index in [4.69, 9.17) is 26.5 Å². The van der Waals surface area contributed by atoms with Crippen LogP contribution in [-0.2, 0) is 0 Å². The van der Waals surface area contributed by atoms with E-state index >= 15 is 0 Å². The van der Waals surface area contributed by atoms with Crippen LogP contribution >= 0.6 is 11.6 Å². The molecule has 0 unspecified atom stereocenters. The van der Waals surface area contributed by atoms with E-state index in [-0.39, 0.29) is 34.3 Å². The summed E-state index contributed by atoms with van der Waals surface area (Å²) in [5, 5.41) is 22.4. The third kappa shape index (κ3) is 4.99. The lowest BCUT2D eigenvalue weighted by molar-refractivity contribution is 0.0627. The molecular formula is C28H32ClN3O6. The topological polar surface area (TPSA) is 129 Å². The number of rotatable bonds is 5. The first-order valence-corrected chi connectivity index (χ1v) is 13.3. The summed E-state index contributed by atoms with van der Waals surface area (Å²) in [6.07, 6.45) is 1.50. The monoisotopic (exact) mass is 541 g/mol. The standard InChI is InChI=1S/C28H32ClN3O6/c1-31-12-9-18(22(35)15-31)25-24(38-28(36)32-11-4-5-16(32)8-10-30)14-21(34)26-20(33)13-23(37-27(25)26)17-6-2-3-7-19(17)29/h2-3,6-7,13-14,16,18,22,34-35H,4-5,8-12,15,30H2,1H3/t16-,18-,22+/m0/s1. The zero-order valence-corrected chi connectivity index (χ0v) is 22.0. The highest BCUT2D eigenvalue weighted by Crippen LogP contribution is 2.44. The number of phenols is 1. The van der Waals surface area contributed by atoms with Crippen molar-refractivity contribution in [3.63, 3.8) is 0 Å². The van der Waals surface area contributed by atoms with Crippen molar-refractivity contribution in [2.45, 2.75) is 43.7 Å². The fraction of sp³-hybridized carbons (Fsp3) is 0.429. The molecule has 4 N–H and O–H groups in total. The van der Waals surface area contributed by atoms with Gasteiger partial charge in [-0.25, -0.2) is 4.79 Å². The number of hydrogen-bond acceptors (Lipinski definition) is 8. The third-order valence-corrected chi connectivity index (χ3v) is 7.92. The van der Waals surface area contributed by atoms with Gasteiger partial charge in [0.25, 0.3) is 0 Å². The normalized spacial score (nSPS) is 22.2. The molecule has 10 heteroatoms. The third-order valence-electron chi connectivity index (χ3n) is 7.59. The highest BCUT2D eigenvalue weighted by molar-refractivity contribution is 6.33. The summed E-state index contributed by atoms with van der Waals surface area (Å²) < 4.78 is 12.2. The van der Waals surface area contributed by atoms with E-state index in [0.717, 1.165) is 12.8 Å². The number of halogens is 1. The minimum absolute atomic E-state index is 0.0244. The van der Waals surface area contributed by atoms with Crippen molar-refractivity contribution in [1.29, 1.82) is 0 Å². The zero-order chi connectivity index (χ0) is 27.0. The molecule has 2 saturated heterocycles. The van der Waals surface area contributed by atoms with Crippen LogP contribution in [0, 0.1) is 0 Å². The Bertz CT molecular complexity index is 1410. The number of hydrogen-bond donors (Lipinski definition) is 3. The van der Waals surface area contributed by atoms with Gasteiger partial charge in [-0.3, -0.25) is 4.79 Å². The van der Waals surface area contributed by atoms with Crippen molar-refractivity contribution in [1.82, 2.24) is 9.80 Å². The zero-order valence-electron chi connectivity index (χ0n) is 21.2. The van der Waals surface area contributed by atoms with Gasteiger partial charge in [0.15, 0.2) is 5.43 Å². The molecule has 2 fully saturated rings. The van der Waals surface area contributed by atoms with Gasteiger partial charge in [0.1, 0.15) is 28.2 Å². The predicted octanol–water partition coefficient (Wildman–Crippen LogP) is 3.91. The molecule has 2 aromatic carbocycles. The Balaban J connectivity index is 1.68. The highest BCUT2D eigenvalue weighted by atomic mass is 35.5. The van der Waals surface area contributed by atoms with Crippen molar-refractivity contribution in [2.24, 2.45) is 5.73 Å². The number of ether oxygens (including phenoxy) is 1. The molecule has 0 saturated carbocycles. The van der Waals surface area contributed by atoms with Crippen molar-refractivity contribution < 1.29 is 24.2 Å². The maximum Gasteiger partial charge on any atom is 0.415 e. The lowest BCUT2D eigenvalue weighted by Gasteiger charge is -2.35. The second-order valence-electron chi connectivity index (χ2n) is 10.1. The molecule has 9 nitrogen and oxygen atoms in total. The van der Waals surface area contributed by atoms with E-state index in [1.54, 1.807) is 29.2 Å². The van der Waals surface area contributed by atoms with E-state index in [2.05, 4.69) is 0 Å². The van der Waals surface area contributed by atoms with Crippen molar-refractivity contribution in [3.05, 3.63) is 57.2 Å². The van der Waals surface area contributed by atoms with Gasteiger partial charge < -0.3 is 34.9 Å². The van der Waals surface area contributed by atoms with Crippen LogP contribution < -0.4 is 15.9 Å². The number of likely N-dealkylation sites (N-methyl/N-ethyl adjacent to an activating group) is 1. The van der Waals surface area contributed by atoms with Crippen LogP contribution in [0.4, 0.5) is 4.79 Å². The molecule has 1 aromatic heterocycles. The summed E-state index contributed by atoms with van der Waals surface area (Å²) in [6.45, 7) is 2.06. The lowest BCUT2D eigenvalue weighted by atomic mass is 9.85. The van der Waals surface area contributed by atoms with Crippen molar-refractivity contribution in [3.8, 4) is 22.8 Å². The van der Waals surface area contributed by atoms with E-state index < -0.39 is 23.5 Å². The lowest BCUT2D eigenvalue weighted by Crippen LogP contribution is -2.41. The number of phenolic OH excluding ortho intramolecular Hbond substituents is 1. The summed E-state index contributed by atoms with van der Waals surface area (Å²) in [7, 11) is 1.91. The molecule has 1 amide bonds. The number of amides is 1. The Hall–Kier alpha value is -3.11. The number of aliphatic hydroxyl groups is 1. The van der Waals surface area contributed by atoms with E-state index in [1.807, 2.05) is 11.9 Å². The minimum atomic E-state index is -0.815. The Kier molecular flexibility index (Phi) is 7.63. The number of aliphatic hydroxyl groups excluding tert-OH is 1. The van der Waals surface area contributed by atoms with Crippen LogP contribution in [0.15, 0.2) is 45.6 Å². The van der Waals surface area contributed by atoms with Crippen LogP contribution in [0.3, 0.4) is 0 Å². The molecule has 0 aliphatic carbocycles. The number of nitrogens with zero attached hydrogens (tertiary/aromatic N) is 2. The molecule has 3 aromatic rings. The Morgan fingerprint density at radius 3 is 2.76 bits per heavy atom. The Labute approximate surface area is 225 Å². The molecule has 0 bridgehead atoms. The SMILES string of the molecule is CN1CC[C@H](c2c(OC(=O)N3CCC[C@H]3CCN)cc(O)c3c(=O)cc(-c4ccccc4Cl)oc23)[C@H](O)C1. The first kappa shape index (κ1) is 26.5. The number of likely N-dealkylation sites (tertiary alicyclic amines) is 2. The summed E-state index contributed by atoms with van der Waals surface area (Å²) in [5.74, 6) is -0.595. The van der Waals surface area contributed by atoms with Gasteiger partial charge in [-0.05, 0) is 58.0 Å². The van der Waals surface area contributed by atoms with E-state index in [1.165, 1.54) is 12.1 Å². The van der Waals surface area contributed by atoms with Gasteiger partial charge in [0.2, 0.25) is 0 Å². The van der Waals surface area contributed by atoms with Gasteiger partial charge in [0, 0.05) is 48.3 Å². The van der Waals surface area contributed by atoms with Gasteiger partial charge in [-0.2, -0.15) is 0 Å². The summed E-state index contributed by atoms with van der Waals surface area (Å²) in [6, 6.07) is 9.49. The molecular weight excluding hydrogens is 510 g/mol. The molecule has 3 atom stereocenters. The smallest absolute Gasteiger partial charge is 0.415 e. The average Bonchev–Trinajstić information content (AvgIpc) is 3.33. The second kappa shape index (κ2) is 10.9. The Morgan fingerprint density at radius 2 is 2.03 bits per heavy atom. The fourth-order valence-electron chi connectivity index (χ4n) is 5.69. The number of β-amino-alcohol motifs (C(OH)–C–C–N with tert-alkyl or cyclic N) is 1. The first-order chi connectivity index (χ1) is 18.3. The number of carbonyl (C=O) groups excluding carboxylic acids is 1. The molecule has 2 aliphatic heterocycles. The number of carbonyl (C=O) groups is 1. The van der Waals surface area contributed by atoms with Gasteiger partial charge in [-0.15, -0.1) is 0 Å². The van der Waals surface area contributed by atoms with Crippen molar-refractivity contribution >= 4 is 28.7 Å². The molecule has 5 rings (SSSR count). The average molecular weight is 542 g/mol. The second-order valence-corrected chi connectivity index (χ2v) is 10.5. The molecule has 38 heavy (non-hydrogen) atoms.